The number of carbonyl (C=O) groups excluding carboxylic acids is 3. The molecule has 0 aliphatic carbocycles. The second-order valence-corrected chi connectivity index (χ2v) is 9.28. The lowest BCUT2D eigenvalue weighted by Crippen LogP contribution is -3.14. The van der Waals surface area contributed by atoms with Gasteiger partial charge in [0.05, 0.1) is 53.7 Å². The first-order valence-electron chi connectivity index (χ1n) is 12.4. The van der Waals surface area contributed by atoms with Gasteiger partial charge in [0.1, 0.15) is 18.8 Å². The summed E-state index contributed by atoms with van der Waals surface area (Å²) in [6.07, 6.45) is 0. The van der Waals surface area contributed by atoms with Crippen LogP contribution >= 0.6 is 0 Å². The van der Waals surface area contributed by atoms with Crippen LogP contribution in [0.15, 0.2) is 23.8 Å². The number of ketones is 1. The minimum atomic E-state index is -0.997. The van der Waals surface area contributed by atoms with Crippen LogP contribution < -0.4 is 19.5 Å². The third-order valence-electron chi connectivity index (χ3n) is 7.22. The number of esters is 1. The van der Waals surface area contributed by atoms with Crippen molar-refractivity contribution in [3.05, 3.63) is 51.9 Å². The Labute approximate surface area is 220 Å². The fraction of sp³-hybridized carbons (Fsp3) is 0.444. The molecule has 4 rings (SSSR count). The summed E-state index contributed by atoms with van der Waals surface area (Å²) in [7, 11) is 4.20. The van der Waals surface area contributed by atoms with Gasteiger partial charge in [0.25, 0.3) is 5.91 Å². The van der Waals surface area contributed by atoms with Crippen LogP contribution in [-0.2, 0) is 19.1 Å². The molecule has 0 saturated carbocycles. The van der Waals surface area contributed by atoms with Gasteiger partial charge in [0.2, 0.25) is 5.78 Å². The molecule has 2 saturated heterocycles. The first-order valence-corrected chi connectivity index (χ1v) is 12.4. The van der Waals surface area contributed by atoms with E-state index in [9.17, 15) is 19.5 Å². The van der Waals surface area contributed by atoms with E-state index in [0.717, 1.165) is 13.1 Å². The van der Waals surface area contributed by atoms with Gasteiger partial charge in [-0.1, -0.05) is 17.9 Å². The summed E-state index contributed by atoms with van der Waals surface area (Å²) in [6.45, 7) is 6.90. The van der Waals surface area contributed by atoms with E-state index in [4.69, 9.17) is 18.9 Å². The number of benzene rings is 1. The molecule has 2 N–H and O–H groups in total. The van der Waals surface area contributed by atoms with Crippen molar-refractivity contribution < 1.29 is 43.3 Å². The van der Waals surface area contributed by atoms with Gasteiger partial charge in [0, 0.05) is 16.8 Å². The smallest absolute Gasteiger partial charge is 0.354 e. The lowest BCUT2D eigenvalue weighted by molar-refractivity contribution is -0.907. The maximum Gasteiger partial charge on any atom is 0.354 e. The summed E-state index contributed by atoms with van der Waals surface area (Å²) in [4.78, 5) is 44.7. The molecule has 2 aliphatic heterocycles. The van der Waals surface area contributed by atoms with E-state index in [1.54, 1.807) is 32.0 Å². The maximum atomic E-state index is 14.1. The number of H-pyrrole nitrogens is 1. The highest BCUT2D eigenvalue weighted by Gasteiger charge is 2.46. The molecule has 38 heavy (non-hydrogen) atoms. The number of nitrogens with zero attached hydrogens (tertiary/aromatic N) is 1. The summed E-state index contributed by atoms with van der Waals surface area (Å²) in [5, 5.41) is 14.1. The highest BCUT2D eigenvalue weighted by molar-refractivity contribution is 6.46. The monoisotopic (exact) mass is 527 g/mol. The van der Waals surface area contributed by atoms with E-state index in [1.807, 2.05) is 0 Å². The number of para-hydroxylation sites is 1. The average molecular weight is 528 g/mol. The number of aromatic amines is 1. The fourth-order valence-corrected chi connectivity index (χ4v) is 5.27. The highest BCUT2D eigenvalue weighted by atomic mass is 16.5. The predicted octanol–water partition coefficient (Wildman–Crippen LogP) is -0.426. The van der Waals surface area contributed by atoms with Crippen LogP contribution in [-0.4, -0.2) is 88.3 Å². The van der Waals surface area contributed by atoms with Gasteiger partial charge in [-0.2, -0.15) is 0 Å². The number of nitrogens with one attached hydrogen (secondary N) is 2. The summed E-state index contributed by atoms with van der Waals surface area (Å²) < 4.78 is 21.4. The first kappa shape index (κ1) is 27.2. The van der Waals surface area contributed by atoms with E-state index in [1.165, 1.54) is 31.1 Å². The molecule has 2 aromatic rings. The standard InChI is InChI=1S/C27H33N3O8/c1-15-19(16(2)28-21(15)27(34)37-5)23(31)20-22(17-7-6-8-18(35-3)25(17)36-4)30(26(33)24(20)32)10-9-29-11-13-38-14-12-29/h6-8,22,28,31H,9-14H2,1-5H3. The molecule has 2 fully saturated rings. The molecule has 1 aromatic heterocycles. The quantitative estimate of drug-likeness (QED) is 0.205. The van der Waals surface area contributed by atoms with Crippen LogP contribution in [0.5, 0.6) is 11.5 Å². The maximum absolute atomic E-state index is 14.1. The lowest BCUT2D eigenvalue weighted by Gasteiger charge is -2.31. The Kier molecular flexibility index (Phi) is 8.08. The minimum Gasteiger partial charge on any atom is -0.872 e. The van der Waals surface area contributed by atoms with Gasteiger partial charge in [0.15, 0.2) is 11.5 Å². The number of methoxy groups -OCH3 is 3. The minimum absolute atomic E-state index is 0.119. The molecule has 0 bridgehead atoms. The molecule has 1 unspecified atom stereocenters. The molecule has 11 heteroatoms. The van der Waals surface area contributed by atoms with Crippen LogP contribution in [0.4, 0.5) is 0 Å². The van der Waals surface area contributed by atoms with Crippen molar-refractivity contribution >= 4 is 23.4 Å². The van der Waals surface area contributed by atoms with E-state index in [2.05, 4.69) is 4.98 Å². The Balaban J connectivity index is 1.88. The third kappa shape index (κ3) is 4.74. The van der Waals surface area contributed by atoms with E-state index in [-0.39, 0.29) is 23.4 Å². The molecule has 1 atom stereocenters. The molecule has 2 aliphatic rings. The summed E-state index contributed by atoms with van der Waals surface area (Å²) >= 11 is 0. The number of morpholine rings is 1. The number of carbonyl (C=O) groups is 3. The SMILES string of the molecule is COC(=O)c1[nH]c(C)c(C([O-])=C2C(=O)C(=O)N(CC[NH+]3CCOCC3)C2c2cccc(OC)c2OC)c1C. The molecule has 1 aromatic carbocycles. The van der Waals surface area contributed by atoms with Crippen molar-refractivity contribution in [3.63, 3.8) is 0 Å². The van der Waals surface area contributed by atoms with Gasteiger partial charge >= 0.3 is 5.97 Å². The van der Waals surface area contributed by atoms with Crippen LogP contribution in [0.1, 0.15) is 38.9 Å². The van der Waals surface area contributed by atoms with Crippen molar-refractivity contribution in [1.29, 1.82) is 0 Å². The Hall–Kier alpha value is -3.83. The zero-order chi connectivity index (χ0) is 27.6. The van der Waals surface area contributed by atoms with Crippen LogP contribution in [0.3, 0.4) is 0 Å². The molecular weight excluding hydrogens is 494 g/mol. The number of aromatic nitrogens is 1. The summed E-state index contributed by atoms with van der Waals surface area (Å²) in [5.41, 5.74) is 1.29. The zero-order valence-electron chi connectivity index (χ0n) is 22.3. The summed E-state index contributed by atoms with van der Waals surface area (Å²) in [5.74, 6) is -2.15. The number of Topliss-reactive ketones (excluding diaryl/α,β-unsaturated/α-hetero) is 1. The Morgan fingerprint density at radius 2 is 1.87 bits per heavy atom. The number of hydrogen-bond donors (Lipinski definition) is 2. The van der Waals surface area contributed by atoms with Gasteiger partial charge in [-0.05, 0) is 31.0 Å². The van der Waals surface area contributed by atoms with Crippen molar-refractivity contribution in [2.75, 3.05) is 60.7 Å². The van der Waals surface area contributed by atoms with Gasteiger partial charge in [-0.3, -0.25) is 9.59 Å². The Morgan fingerprint density at radius 1 is 1.16 bits per heavy atom. The zero-order valence-corrected chi connectivity index (χ0v) is 22.3. The Bertz CT molecular complexity index is 1280. The molecular formula is C27H33N3O8. The molecule has 204 valence electrons. The molecule has 0 spiro atoms. The fourth-order valence-electron chi connectivity index (χ4n) is 5.27. The van der Waals surface area contributed by atoms with Crippen LogP contribution in [0.2, 0.25) is 0 Å². The van der Waals surface area contributed by atoms with Crippen molar-refractivity contribution in [1.82, 2.24) is 9.88 Å². The van der Waals surface area contributed by atoms with Crippen LogP contribution in [0.25, 0.3) is 5.76 Å². The predicted molar refractivity (Wildman–Crippen MR) is 134 cm³/mol. The van der Waals surface area contributed by atoms with E-state index >= 15 is 0 Å². The molecule has 3 heterocycles. The third-order valence-corrected chi connectivity index (χ3v) is 7.22. The Morgan fingerprint density at radius 3 is 2.50 bits per heavy atom. The number of aryl methyl sites for hydroxylation is 1. The first-order chi connectivity index (χ1) is 18.2. The second-order valence-electron chi connectivity index (χ2n) is 9.28. The molecule has 11 nitrogen and oxygen atoms in total. The van der Waals surface area contributed by atoms with Crippen molar-refractivity contribution in [2.45, 2.75) is 19.9 Å². The number of amides is 1. The summed E-state index contributed by atoms with van der Waals surface area (Å²) in [6, 6.07) is 4.15. The van der Waals surface area contributed by atoms with Gasteiger partial charge in [-0.15, -0.1) is 0 Å². The van der Waals surface area contributed by atoms with Gasteiger partial charge < -0.3 is 38.8 Å². The number of quaternary nitrogens is 1. The second kappa shape index (κ2) is 11.3. The largest absolute Gasteiger partial charge is 0.872 e. The number of rotatable bonds is 8. The highest BCUT2D eigenvalue weighted by Crippen LogP contribution is 2.45. The lowest BCUT2D eigenvalue weighted by atomic mass is 9.93. The molecule has 0 radical (unpaired) electrons. The van der Waals surface area contributed by atoms with E-state index in [0.29, 0.717) is 48.1 Å². The number of ether oxygens (including phenoxy) is 4. The van der Waals surface area contributed by atoms with Crippen molar-refractivity contribution in [3.8, 4) is 11.5 Å². The van der Waals surface area contributed by atoms with Crippen LogP contribution in [0, 0.1) is 13.8 Å². The average Bonchev–Trinajstić information content (AvgIpc) is 3.37. The van der Waals surface area contributed by atoms with Crippen molar-refractivity contribution in [2.24, 2.45) is 0 Å². The number of hydrogen-bond acceptors (Lipinski definition) is 8. The number of likely N-dealkylation sites (tertiary alicyclic amines) is 1. The van der Waals surface area contributed by atoms with E-state index < -0.39 is 29.5 Å². The topological polar surface area (TPSA) is 135 Å². The molecule has 1 amide bonds. The van der Waals surface area contributed by atoms with Gasteiger partial charge in [-0.25, -0.2) is 4.79 Å². The normalized spacial score (nSPS) is 19.6.